The molecule has 1 saturated carbocycles. The van der Waals surface area contributed by atoms with Crippen molar-refractivity contribution in [3.05, 3.63) is 29.8 Å². The highest BCUT2D eigenvalue weighted by Gasteiger charge is 2.33. The molecule has 0 radical (unpaired) electrons. The van der Waals surface area contributed by atoms with E-state index in [0.29, 0.717) is 11.8 Å². The highest BCUT2D eigenvalue weighted by molar-refractivity contribution is 5.68. The molecule has 2 aliphatic rings. The third-order valence-electron chi connectivity index (χ3n) is 6.33. The number of amides is 1. The Labute approximate surface area is 183 Å². The molecule has 174 valence electrons. The van der Waals surface area contributed by atoms with Crippen molar-refractivity contribution in [1.29, 1.82) is 0 Å². The van der Waals surface area contributed by atoms with Crippen LogP contribution in [0.1, 0.15) is 71.3 Å². The Balaban J connectivity index is 1.58. The van der Waals surface area contributed by atoms with Crippen LogP contribution in [0.15, 0.2) is 24.3 Å². The van der Waals surface area contributed by atoms with E-state index in [-0.39, 0.29) is 12.1 Å². The topological polar surface area (TPSA) is 41.6 Å². The summed E-state index contributed by atoms with van der Waals surface area (Å²) in [5, 5.41) is 3.10. The number of nitrogens with one attached hydrogen (secondary N) is 1. The van der Waals surface area contributed by atoms with Crippen LogP contribution in [-0.2, 0) is 10.9 Å². The lowest BCUT2D eigenvalue weighted by Gasteiger charge is -2.39. The molecule has 1 saturated heterocycles. The molecule has 1 aromatic carbocycles. The van der Waals surface area contributed by atoms with Gasteiger partial charge in [-0.15, -0.1) is 0 Å². The zero-order chi connectivity index (χ0) is 22.6. The Hall–Kier alpha value is -1.92. The minimum absolute atomic E-state index is 0.130. The smallest absolute Gasteiger partial charge is 0.416 e. The maximum atomic E-state index is 12.8. The number of carbonyl (C=O) groups is 1. The van der Waals surface area contributed by atoms with Gasteiger partial charge in [0.15, 0.2) is 0 Å². The first-order chi connectivity index (χ1) is 14.5. The average molecular weight is 441 g/mol. The second-order valence-electron chi connectivity index (χ2n) is 10.0. The van der Waals surface area contributed by atoms with Gasteiger partial charge in [0.2, 0.25) is 0 Å². The van der Waals surface area contributed by atoms with Crippen LogP contribution in [0.4, 0.5) is 23.7 Å². The van der Waals surface area contributed by atoms with Gasteiger partial charge in [-0.2, -0.15) is 13.2 Å². The van der Waals surface area contributed by atoms with Crippen LogP contribution in [0.2, 0.25) is 0 Å². The molecule has 1 heterocycles. The van der Waals surface area contributed by atoms with Gasteiger partial charge in [-0.1, -0.05) is 12.8 Å². The Morgan fingerprint density at radius 1 is 1.06 bits per heavy atom. The SMILES string of the molecule is CC(C)(C)OC(=O)N[C@@H]1CCCC[C@H]1C[C@H]1CCCN(c2ccc(C(F)(F)F)cc2)C1. The van der Waals surface area contributed by atoms with Gasteiger partial charge >= 0.3 is 12.3 Å². The summed E-state index contributed by atoms with van der Waals surface area (Å²) in [4.78, 5) is 14.5. The number of hydrogen-bond donors (Lipinski definition) is 1. The molecule has 0 unspecified atom stereocenters. The lowest BCUT2D eigenvalue weighted by Crippen LogP contribution is -2.46. The molecule has 1 N–H and O–H groups in total. The van der Waals surface area contributed by atoms with Crippen LogP contribution in [0.3, 0.4) is 0 Å². The highest BCUT2D eigenvalue weighted by Crippen LogP contribution is 2.35. The van der Waals surface area contributed by atoms with E-state index in [1.807, 2.05) is 20.8 Å². The van der Waals surface area contributed by atoms with E-state index < -0.39 is 17.3 Å². The third-order valence-corrected chi connectivity index (χ3v) is 6.33. The Bertz CT molecular complexity index is 728. The number of ether oxygens (including phenoxy) is 1. The van der Waals surface area contributed by atoms with Gasteiger partial charge in [-0.3, -0.25) is 0 Å². The fraction of sp³-hybridized carbons (Fsp3) is 0.708. The van der Waals surface area contributed by atoms with Crippen molar-refractivity contribution in [2.45, 2.75) is 83.5 Å². The normalized spacial score (nSPS) is 25.2. The molecule has 4 nitrogen and oxygen atoms in total. The Kier molecular flexibility index (Phi) is 7.43. The van der Waals surface area contributed by atoms with Crippen LogP contribution in [-0.4, -0.2) is 30.8 Å². The summed E-state index contributed by atoms with van der Waals surface area (Å²) in [6, 6.07) is 5.63. The summed E-state index contributed by atoms with van der Waals surface area (Å²) in [6.07, 6.45) is 2.87. The molecule has 31 heavy (non-hydrogen) atoms. The lowest BCUT2D eigenvalue weighted by atomic mass is 9.77. The zero-order valence-electron chi connectivity index (χ0n) is 18.8. The predicted octanol–water partition coefficient (Wildman–Crippen LogP) is 6.40. The van der Waals surface area contributed by atoms with E-state index in [0.717, 1.165) is 57.3 Å². The monoisotopic (exact) mass is 440 g/mol. The van der Waals surface area contributed by atoms with E-state index >= 15 is 0 Å². The molecule has 0 spiro atoms. The number of carbonyl (C=O) groups excluding carboxylic acids is 1. The number of anilines is 1. The van der Waals surface area contributed by atoms with Crippen molar-refractivity contribution in [3.63, 3.8) is 0 Å². The van der Waals surface area contributed by atoms with Crippen LogP contribution in [0.25, 0.3) is 0 Å². The van der Waals surface area contributed by atoms with Gasteiger partial charge in [0, 0.05) is 24.8 Å². The van der Waals surface area contributed by atoms with E-state index in [1.54, 1.807) is 12.1 Å². The summed E-state index contributed by atoms with van der Waals surface area (Å²) in [5.41, 5.74) is -0.271. The van der Waals surface area contributed by atoms with Crippen LogP contribution in [0.5, 0.6) is 0 Å². The van der Waals surface area contributed by atoms with Crippen molar-refractivity contribution >= 4 is 11.8 Å². The number of nitrogens with zero attached hydrogens (tertiary/aromatic N) is 1. The zero-order valence-corrected chi connectivity index (χ0v) is 18.8. The standard InChI is InChI=1S/C24H35F3N2O2/c1-23(2,3)31-22(30)28-21-9-5-4-8-18(21)15-17-7-6-14-29(16-17)20-12-10-19(11-13-20)24(25,26)27/h10-13,17-18,21H,4-9,14-16H2,1-3H3,(H,28,30)/t17-,18+,21-/m1/s1. The minimum Gasteiger partial charge on any atom is -0.444 e. The largest absolute Gasteiger partial charge is 0.444 e. The number of alkyl halides is 3. The summed E-state index contributed by atoms with van der Waals surface area (Å²) in [7, 11) is 0. The molecule has 3 atom stereocenters. The first-order valence-electron chi connectivity index (χ1n) is 11.4. The fourth-order valence-electron chi connectivity index (χ4n) is 4.92. The lowest BCUT2D eigenvalue weighted by molar-refractivity contribution is -0.137. The van der Waals surface area contributed by atoms with E-state index in [4.69, 9.17) is 4.74 Å². The second kappa shape index (κ2) is 9.70. The molecule has 3 rings (SSSR count). The van der Waals surface area contributed by atoms with E-state index in [1.165, 1.54) is 18.6 Å². The first kappa shape index (κ1) is 23.7. The second-order valence-corrected chi connectivity index (χ2v) is 10.0. The van der Waals surface area contributed by atoms with Crippen LogP contribution in [0, 0.1) is 11.8 Å². The molecule has 1 aromatic rings. The molecule has 0 bridgehead atoms. The molecule has 7 heteroatoms. The fourth-order valence-corrected chi connectivity index (χ4v) is 4.92. The van der Waals surface area contributed by atoms with Crippen molar-refractivity contribution in [2.75, 3.05) is 18.0 Å². The highest BCUT2D eigenvalue weighted by atomic mass is 19.4. The van der Waals surface area contributed by atoms with Crippen molar-refractivity contribution in [2.24, 2.45) is 11.8 Å². The van der Waals surface area contributed by atoms with Crippen molar-refractivity contribution < 1.29 is 22.7 Å². The number of rotatable bonds is 4. The molecular formula is C24H35F3N2O2. The van der Waals surface area contributed by atoms with Crippen molar-refractivity contribution in [3.8, 4) is 0 Å². The van der Waals surface area contributed by atoms with Crippen LogP contribution >= 0.6 is 0 Å². The number of alkyl carbamates (subject to hydrolysis) is 1. The molecule has 1 aliphatic carbocycles. The summed E-state index contributed by atoms with van der Waals surface area (Å²) >= 11 is 0. The average Bonchev–Trinajstić information content (AvgIpc) is 2.68. The minimum atomic E-state index is -4.31. The van der Waals surface area contributed by atoms with Crippen LogP contribution < -0.4 is 10.2 Å². The number of piperidine rings is 1. The van der Waals surface area contributed by atoms with Gasteiger partial charge in [0.25, 0.3) is 0 Å². The van der Waals surface area contributed by atoms with Gasteiger partial charge in [-0.25, -0.2) is 4.79 Å². The summed E-state index contributed by atoms with van der Waals surface area (Å²) in [6.45, 7) is 7.31. The summed E-state index contributed by atoms with van der Waals surface area (Å²) < 4.78 is 44.0. The third kappa shape index (κ3) is 7.04. The predicted molar refractivity (Wildman–Crippen MR) is 116 cm³/mol. The quantitative estimate of drug-likeness (QED) is 0.589. The van der Waals surface area contributed by atoms with Gasteiger partial charge in [-0.05, 0) is 89.0 Å². The van der Waals surface area contributed by atoms with Gasteiger partial charge in [0.1, 0.15) is 5.60 Å². The van der Waals surface area contributed by atoms with Gasteiger partial charge < -0.3 is 15.0 Å². The first-order valence-corrected chi connectivity index (χ1v) is 11.4. The molecular weight excluding hydrogens is 405 g/mol. The Morgan fingerprint density at radius 3 is 2.39 bits per heavy atom. The maximum Gasteiger partial charge on any atom is 0.416 e. The van der Waals surface area contributed by atoms with E-state index in [2.05, 4.69) is 10.2 Å². The number of benzene rings is 1. The maximum absolute atomic E-state index is 12.8. The van der Waals surface area contributed by atoms with Gasteiger partial charge in [0.05, 0.1) is 5.56 Å². The summed E-state index contributed by atoms with van der Waals surface area (Å²) in [5.74, 6) is 0.890. The Morgan fingerprint density at radius 2 is 1.74 bits per heavy atom. The molecule has 2 fully saturated rings. The molecule has 0 aromatic heterocycles. The number of hydrogen-bond acceptors (Lipinski definition) is 3. The number of halogens is 3. The molecule has 1 aliphatic heterocycles. The molecule has 1 amide bonds. The van der Waals surface area contributed by atoms with Crippen molar-refractivity contribution in [1.82, 2.24) is 5.32 Å². The van der Waals surface area contributed by atoms with E-state index in [9.17, 15) is 18.0 Å².